The Kier molecular flexibility index (Phi) is 6.45. The van der Waals surface area contributed by atoms with Crippen LogP contribution >= 0.6 is 11.3 Å². The van der Waals surface area contributed by atoms with Crippen LogP contribution in [-0.2, 0) is 14.8 Å². The number of hydrogen-bond acceptors (Lipinski definition) is 6. The summed E-state index contributed by atoms with van der Waals surface area (Å²) in [4.78, 5) is 28.6. The number of benzene rings is 2. The molecule has 3 amide bonds. The fourth-order valence-electron chi connectivity index (χ4n) is 2.52. The van der Waals surface area contributed by atoms with Gasteiger partial charge in [-0.05, 0) is 30.7 Å². The Morgan fingerprint density at radius 2 is 1.76 bits per heavy atom. The van der Waals surface area contributed by atoms with Gasteiger partial charge in [-0.1, -0.05) is 48.6 Å². The SMILES string of the molecule is CCCNC(=O)NC(=O)CN(c1nc2ccccc2s1)S(=O)(=O)c1ccccc1. The summed E-state index contributed by atoms with van der Waals surface area (Å²) >= 11 is 1.16. The molecule has 0 saturated heterocycles. The molecule has 0 bridgehead atoms. The Balaban J connectivity index is 1.93. The number of aromatic nitrogens is 1. The molecule has 0 aliphatic heterocycles. The third kappa shape index (κ3) is 4.90. The zero-order chi connectivity index (χ0) is 20.9. The Labute approximate surface area is 172 Å². The number of para-hydroxylation sites is 1. The van der Waals surface area contributed by atoms with Crippen LogP contribution in [0.15, 0.2) is 59.5 Å². The number of anilines is 1. The van der Waals surface area contributed by atoms with Crippen molar-refractivity contribution < 1.29 is 18.0 Å². The van der Waals surface area contributed by atoms with Crippen molar-refractivity contribution in [3.05, 3.63) is 54.6 Å². The van der Waals surface area contributed by atoms with Gasteiger partial charge in [0.15, 0.2) is 0 Å². The van der Waals surface area contributed by atoms with Crippen LogP contribution in [0, 0.1) is 0 Å². The van der Waals surface area contributed by atoms with Crippen molar-refractivity contribution in [3.8, 4) is 0 Å². The maximum atomic E-state index is 13.2. The van der Waals surface area contributed by atoms with Crippen LogP contribution in [0.4, 0.5) is 9.93 Å². The normalized spacial score (nSPS) is 11.2. The molecule has 2 aromatic carbocycles. The minimum atomic E-state index is -4.06. The number of imide groups is 1. The first kappa shape index (κ1) is 20.7. The molecule has 0 fully saturated rings. The lowest BCUT2D eigenvalue weighted by Crippen LogP contribution is -2.46. The van der Waals surface area contributed by atoms with Gasteiger partial charge in [0.25, 0.3) is 10.0 Å². The topological polar surface area (TPSA) is 108 Å². The van der Waals surface area contributed by atoms with Gasteiger partial charge in [0.2, 0.25) is 11.0 Å². The Hall–Kier alpha value is -2.98. The maximum absolute atomic E-state index is 13.2. The number of sulfonamides is 1. The smallest absolute Gasteiger partial charge is 0.321 e. The first-order valence-electron chi connectivity index (χ1n) is 8.93. The predicted molar refractivity (Wildman–Crippen MR) is 112 cm³/mol. The van der Waals surface area contributed by atoms with Crippen molar-refractivity contribution in [2.24, 2.45) is 0 Å². The molecule has 8 nitrogen and oxygen atoms in total. The van der Waals surface area contributed by atoms with Gasteiger partial charge in [-0.15, -0.1) is 0 Å². The van der Waals surface area contributed by atoms with Crippen molar-refractivity contribution >= 4 is 48.6 Å². The number of nitrogens with one attached hydrogen (secondary N) is 2. The molecule has 0 saturated carbocycles. The van der Waals surface area contributed by atoms with Crippen LogP contribution in [0.1, 0.15) is 13.3 Å². The average Bonchev–Trinajstić information content (AvgIpc) is 3.14. The van der Waals surface area contributed by atoms with E-state index in [4.69, 9.17) is 0 Å². The number of amides is 3. The highest BCUT2D eigenvalue weighted by molar-refractivity contribution is 7.93. The van der Waals surface area contributed by atoms with Crippen molar-refractivity contribution in [1.29, 1.82) is 0 Å². The molecule has 29 heavy (non-hydrogen) atoms. The summed E-state index contributed by atoms with van der Waals surface area (Å²) in [7, 11) is -4.06. The number of carbonyl (C=O) groups excluding carboxylic acids is 2. The van der Waals surface area contributed by atoms with Crippen LogP contribution in [0.25, 0.3) is 10.2 Å². The second kappa shape index (κ2) is 9.01. The molecule has 1 aromatic heterocycles. The molecule has 0 aliphatic rings. The van der Waals surface area contributed by atoms with E-state index in [-0.39, 0.29) is 10.0 Å². The van der Waals surface area contributed by atoms with Gasteiger partial charge in [-0.25, -0.2) is 22.5 Å². The van der Waals surface area contributed by atoms with Crippen molar-refractivity contribution in [3.63, 3.8) is 0 Å². The summed E-state index contributed by atoms with van der Waals surface area (Å²) < 4.78 is 28.1. The van der Waals surface area contributed by atoms with Gasteiger partial charge in [-0.3, -0.25) is 10.1 Å². The number of rotatable bonds is 7. The van der Waals surface area contributed by atoms with E-state index in [1.165, 1.54) is 12.1 Å². The molecule has 1 heterocycles. The van der Waals surface area contributed by atoms with E-state index in [1.54, 1.807) is 30.3 Å². The van der Waals surface area contributed by atoms with Crippen LogP contribution in [0.5, 0.6) is 0 Å². The van der Waals surface area contributed by atoms with Crippen LogP contribution in [-0.4, -0.2) is 38.4 Å². The molecule has 0 unspecified atom stereocenters. The van der Waals surface area contributed by atoms with E-state index in [9.17, 15) is 18.0 Å². The third-order valence-electron chi connectivity index (χ3n) is 3.90. The van der Waals surface area contributed by atoms with Crippen LogP contribution in [0.3, 0.4) is 0 Å². The van der Waals surface area contributed by atoms with Gasteiger partial charge >= 0.3 is 6.03 Å². The van der Waals surface area contributed by atoms with Crippen molar-refractivity contribution in [2.45, 2.75) is 18.2 Å². The molecule has 3 aromatic rings. The molecule has 152 valence electrons. The van der Waals surface area contributed by atoms with E-state index in [2.05, 4.69) is 15.6 Å². The Bertz CT molecular complexity index is 1080. The highest BCUT2D eigenvalue weighted by Gasteiger charge is 2.30. The van der Waals surface area contributed by atoms with Gasteiger partial charge in [0, 0.05) is 6.54 Å². The summed E-state index contributed by atoms with van der Waals surface area (Å²) in [5, 5.41) is 4.82. The monoisotopic (exact) mass is 432 g/mol. The molecule has 10 heteroatoms. The van der Waals surface area contributed by atoms with Gasteiger partial charge in [0.1, 0.15) is 6.54 Å². The van der Waals surface area contributed by atoms with Crippen molar-refractivity contribution in [2.75, 3.05) is 17.4 Å². The van der Waals surface area contributed by atoms with Gasteiger partial charge in [-0.2, -0.15) is 0 Å². The van der Waals surface area contributed by atoms with E-state index in [0.717, 1.165) is 20.3 Å². The lowest BCUT2D eigenvalue weighted by atomic mass is 10.3. The number of hydrogen-bond donors (Lipinski definition) is 2. The van der Waals surface area contributed by atoms with Crippen LogP contribution < -0.4 is 14.9 Å². The molecule has 3 rings (SSSR count). The average molecular weight is 433 g/mol. The number of nitrogens with zero attached hydrogens (tertiary/aromatic N) is 2. The maximum Gasteiger partial charge on any atom is 0.321 e. The molecular weight excluding hydrogens is 412 g/mol. The largest absolute Gasteiger partial charge is 0.338 e. The highest BCUT2D eigenvalue weighted by Crippen LogP contribution is 2.31. The molecule has 0 aliphatic carbocycles. The zero-order valence-electron chi connectivity index (χ0n) is 15.7. The van der Waals surface area contributed by atoms with E-state index < -0.39 is 28.5 Å². The summed E-state index contributed by atoms with van der Waals surface area (Å²) in [6, 6.07) is 14.3. The summed E-state index contributed by atoms with van der Waals surface area (Å²) in [5.41, 5.74) is 0.627. The molecule has 0 spiro atoms. The standard InChI is InChI=1S/C19H20N4O4S2/c1-2-12-20-18(25)22-17(24)13-23(29(26,27)14-8-4-3-5-9-14)19-21-15-10-6-7-11-16(15)28-19/h3-11H,2,12-13H2,1H3,(H2,20,22,24,25). The van der Waals surface area contributed by atoms with Gasteiger partial charge < -0.3 is 5.32 Å². The third-order valence-corrected chi connectivity index (χ3v) is 6.83. The van der Waals surface area contributed by atoms with Crippen molar-refractivity contribution in [1.82, 2.24) is 15.6 Å². The van der Waals surface area contributed by atoms with E-state index in [0.29, 0.717) is 18.5 Å². The summed E-state index contributed by atoms with van der Waals surface area (Å²) in [6.45, 7) is 1.71. The van der Waals surface area contributed by atoms with E-state index in [1.807, 2.05) is 19.1 Å². The number of thiazole rings is 1. The van der Waals surface area contributed by atoms with Crippen LogP contribution in [0.2, 0.25) is 0 Å². The highest BCUT2D eigenvalue weighted by atomic mass is 32.2. The lowest BCUT2D eigenvalue weighted by molar-refractivity contribution is -0.118. The van der Waals surface area contributed by atoms with E-state index >= 15 is 0 Å². The first-order chi connectivity index (χ1) is 13.9. The summed E-state index contributed by atoms with van der Waals surface area (Å²) in [6.07, 6.45) is 0.710. The zero-order valence-corrected chi connectivity index (χ0v) is 17.3. The first-order valence-corrected chi connectivity index (χ1v) is 11.2. The fourth-order valence-corrected chi connectivity index (χ4v) is 5.09. The lowest BCUT2D eigenvalue weighted by Gasteiger charge is -2.21. The number of urea groups is 1. The molecule has 2 N–H and O–H groups in total. The Morgan fingerprint density at radius 3 is 2.45 bits per heavy atom. The molecular formula is C19H20N4O4S2. The summed E-state index contributed by atoms with van der Waals surface area (Å²) in [5.74, 6) is -0.752. The number of carbonyl (C=O) groups is 2. The second-order valence-electron chi connectivity index (χ2n) is 6.09. The quantitative estimate of drug-likeness (QED) is 0.597. The fraction of sp³-hybridized carbons (Fsp3) is 0.211. The Morgan fingerprint density at radius 1 is 1.07 bits per heavy atom. The van der Waals surface area contributed by atoms with Gasteiger partial charge in [0.05, 0.1) is 15.1 Å². The predicted octanol–water partition coefficient (Wildman–Crippen LogP) is 2.73. The minimum Gasteiger partial charge on any atom is -0.338 e. The molecule has 0 atom stereocenters. The minimum absolute atomic E-state index is 0.0301. The number of fused-ring (bicyclic) bond motifs is 1. The molecule has 0 radical (unpaired) electrons. The second-order valence-corrected chi connectivity index (χ2v) is 8.96.